The van der Waals surface area contributed by atoms with Crippen LogP contribution >= 0.6 is 23.4 Å². The van der Waals surface area contributed by atoms with E-state index in [1.165, 1.54) is 24.4 Å². The first kappa shape index (κ1) is 23.5. The molecule has 1 aliphatic heterocycles. The molecule has 33 heavy (non-hydrogen) atoms. The van der Waals surface area contributed by atoms with Crippen molar-refractivity contribution in [3.8, 4) is 11.5 Å². The van der Waals surface area contributed by atoms with Gasteiger partial charge in [0.1, 0.15) is 12.2 Å². The van der Waals surface area contributed by atoms with Crippen LogP contribution in [0.25, 0.3) is 4.91 Å². The summed E-state index contributed by atoms with van der Waals surface area (Å²) in [6.45, 7) is 3.95. The van der Waals surface area contributed by atoms with Crippen molar-refractivity contribution in [3.63, 3.8) is 0 Å². The molecule has 2 aliphatic rings. The molecule has 2 aromatic rings. The highest BCUT2D eigenvalue weighted by atomic mass is 35.5. The van der Waals surface area contributed by atoms with Gasteiger partial charge in [-0.2, -0.15) is 0 Å². The third-order valence-electron chi connectivity index (χ3n) is 5.09. The third-order valence-corrected chi connectivity index (χ3v) is 6.20. The summed E-state index contributed by atoms with van der Waals surface area (Å²) >= 11 is 6.80. The van der Waals surface area contributed by atoms with Crippen LogP contribution in [0.3, 0.4) is 0 Å². The molecule has 174 valence electrons. The third kappa shape index (κ3) is 5.29. The second-order valence-corrected chi connectivity index (χ2v) is 9.33. The van der Waals surface area contributed by atoms with Gasteiger partial charge in [-0.05, 0) is 35.5 Å². The quantitative estimate of drug-likeness (QED) is 0.607. The first-order valence-electron chi connectivity index (χ1n) is 9.85. The lowest BCUT2D eigenvalue weighted by Crippen LogP contribution is -2.55. The van der Waals surface area contributed by atoms with Crippen molar-refractivity contribution < 1.29 is 28.2 Å². The van der Waals surface area contributed by atoms with E-state index in [4.69, 9.17) is 21.1 Å². The maximum absolute atomic E-state index is 13.1. The number of halogens is 3. The number of nitrogens with zero attached hydrogens (tertiary/aromatic N) is 3. The molecule has 0 unspecified atom stereocenters. The van der Waals surface area contributed by atoms with E-state index < -0.39 is 24.4 Å². The van der Waals surface area contributed by atoms with Gasteiger partial charge in [0.05, 0.1) is 23.6 Å². The Hall–Kier alpha value is -2.69. The average Bonchev–Trinajstić information content (AvgIpc) is 2.89. The number of thioether (sulfide) groups is 1. The van der Waals surface area contributed by atoms with Gasteiger partial charge in [0, 0.05) is 37.0 Å². The van der Waals surface area contributed by atoms with E-state index in [0.717, 1.165) is 11.8 Å². The Morgan fingerprint density at radius 2 is 1.97 bits per heavy atom. The van der Waals surface area contributed by atoms with Crippen LogP contribution in [0.4, 0.5) is 19.3 Å². The van der Waals surface area contributed by atoms with Crippen molar-refractivity contribution in [2.75, 3.05) is 25.2 Å². The van der Waals surface area contributed by atoms with Gasteiger partial charge in [-0.25, -0.2) is 18.7 Å². The van der Waals surface area contributed by atoms with Crippen molar-refractivity contribution in [3.05, 3.63) is 59.7 Å². The second-order valence-electron chi connectivity index (χ2n) is 7.90. The van der Waals surface area contributed by atoms with Gasteiger partial charge in [0.2, 0.25) is 0 Å². The molecule has 1 aliphatic carbocycles. The lowest BCUT2D eigenvalue weighted by molar-refractivity contribution is -0.215. The number of carbonyl (C=O) groups is 1. The SMILES string of the molecule is C=C1C=C(c2ncc(Cl)cn2)SC(=O)N(c2ccc(OCC3(O)CC(F)(F)C3)c(OC)c2)C1. The standard InChI is InChI=1S/C22H20ClF2N3O4S/c1-13-5-18(19-26-7-14(23)8-27-19)33-20(29)28(9-13)15-3-4-16(17(6-15)31-2)32-12-21(30)10-22(24,25)11-21/h3-8,30H,1,9-12H2,2H3. The van der Waals surface area contributed by atoms with E-state index in [1.807, 2.05) is 0 Å². The van der Waals surface area contributed by atoms with Gasteiger partial charge in [-0.15, -0.1) is 0 Å². The van der Waals surface area contributed by atoms with Gasteiger partial charge in [0.25, 0.3) is 11.2 Å². The van der Waals surface area contributed by atoms with Crippen molar-refractivity contribution >= 4 is 39.2 Å². The maximum atomic E-state index is 13.1. The monoisotopic (exact) mass is 495 g/mol. The molecule has 1 aromatic carbocycles. The van der Waals surface area contributed by atoms with Crippen LogP contribution in [-0.4, -0.2) is 52.1 Å². The number of aromatic nitrogens is 2. The second kappa shape index (κ2) is 8.92. The highest BCUT2D eigenvalue weighted by molar-refractivity contribution is 8.21. The maximum Gasteiger partial charge on any atom is 0.291 e. The summed E-state index contributed by atoms with van der Waals surface area (Å²) in [4.78, 5) is 23.4. The number of ether oxygens (including phenoxy) is 2. The molecule has 7 nitrogen and oxygen atoms in total. The van der Waals surface area contributed by atoms with E-state index in [-0.39, 0.29) is 24.1 Å². The van der Waals surface area contributed by atoms with E-state index in [2.05, 4.69) is 16.5 Å². The normalized spacial score (nSPS) is 19.4. The molecule has 0 spiro atoms. The Labute approximate surface area is 198 Å². The zero-order chi connectivity index (χ0) is 23.8. The molecule has 1 N–H and O–H groups in total. The van der Waals surface area contributed by atoms with Crippen LogP contribution in [0.1, 0.15) is 18.7 Å². The number of hydrogen-bond acceptors (Lipinski definition) is 7. The summed E-state index contributed by atoms with van der Waals surface area (Å²) in [5, 5.41) is 10.2. The fourth-order valence-corrected chi connectivity index (χ4v) is 4.58. The number of benzene rings is 1. The predicted molar refractivity (Wildman–Crippen MR) is 122 cm³/mol. The fourth-order valence-electron chi connectivity index (χ4n) is 3.59. The molecule has 0 saturated heterocycles. The number of hydrogen-bond donors (Lipinski definition) is 1. The fraction of sp³-hybridized carbons (Fsp3) is 0.318. The minimum atomic E-state index is -2.87. The molecule has 0 atom stereocenters. The molecular weight excluding hydrogens is 476 g/mol. The van der Waals surface area contributed by atoms with Gasteiger partial charge in [-0.1, -0.05) is 18.2 Å². The molecule has 1 amide bonds. The smallest absolute Gasteiger partial charge is 0.291 e. The number of alkyl halides is 2. The van der Waals surface area contributed by atoms with Crippen LogP contribution < -0.4 is 14.4 Å². The molecule has 2 heterocycles. The van der Waals surface area contributed by atoms with E-state index in [1.54, 1.807) is 24.3 Å². The van der Waals surface area contributed by atoms with Crippen molar-refractivity contribution in [2.24, 2.45) is 0 Å². The average molecular weight is 496 g/mol. The number of rotatable bonds is 6. The topological polar surface area (TPSA) is 84.8 Å². The molecule has 1 saturated carbocycles. The number of aliphatic hydroxyl groups is 1. The van der Waals surface area contributed by atoms with Crippen LogP contribution in [0.5, 0.6) is 11.5 Å². The molecule has 0 bridgehead atoms. The van der Waals surface area contributed by atoms with Crippen LogP contribution in [0, 0.1) is 0 Å². The molecule has 1 fully saturated rings. The number of carbonyl (C=O) groups excluding carboxylic acids is 1. The zero-order valence-corrected chi connectivity index (χ0v) is 19.1. The van der Waals surface area contributed by atoms with Gasteiger partial charge in [0.15, 0.2) is 17.3 Å². The lowest BCUT2D eigenvalue weighted by Gasteiger charge is -2.42. The first-order chi connectivity index (χ1) is 15.6. The summed E-state index contributed by atoms with van der Waals surface area (Å²) in [6.07, 6.45) is 3.36. The largest absolute Gasteiger partial charge is 0.493 e. The Morgan fingerprint density at radius 1 is 1.27 bits per heavy atom. The van der Waals surface area contributed by atoms with Crippen molar-refractivity contribution in [1.29, 1.82) is 0 Å². The number of anilines is 1. The Balaban J connectivity index is 1.50. The van der Waals surface area contributed by atoms with E-state index >= 15 is 0 Å². The number of methoxy groups -OCH3 is 1. The van der Waals surface area contributed by atoms with Gasteiger partial charge < -0.3 is 14.6 Å². The minimum Gasteiger partial charge on any atom is -0.493 e. The Bertz CT molecular complexity index is 1120. The van der Waals surface area contributed by atoms with Gasteiger partial charge in [-0.3, -0.25) is 9.69 Å². The summed E-state index contributed by atoms with van der Waals surface area (Å²) in [5.74, 6) is -1.94. The Kier molecular flexibility index (Phi) is 6.35. The zero-order valence-electron chi connectivity index (χ0n) is 17.6. The first-order valence-corrected chi connectivity index (χ1v) is 11.0. The highest BCUT2D eigenvalue weighted by Gasteiger charge is 2.56. The summed E-state index contributed by atoms with van der Waals surface area (Å²) in [6, 6.07) is 4.81. The predicted octanol–water partition coefficient (Wildman–Crippen LogP) is 4.95. The van der Waals surface area contributed by atoms with Crippen LogP contribution in [0.2, 0.25) is 5.02 Å². The lowest BCUT2D eigenvalue weighted by atomic mass is 9.77. The van der Waals surface area contributed by atoms with Crippen LogP contribution in [-0.2, 0) is 0 Å². The van der Waals surface area contributed by atoms with Crippen molar-refractivity contribution in [2.45, 2.75) is 24.4 Å². The van der Waals surface area contributed by atoms with Gasteiger partial charge >= 0.3 is 0 Å². The van der Waals surface area contributed by atoms with E-state index in [9.17, 15) is 18.7 Å². The summed E-state index contributed by atoms with van der Waals surface area (Å²) in [5.41, 5.74) is -0.388. The van der Waals surface area contributed by atoms with Crippen molar-refractivity contribution in [1.82, 2.24) is 9.97 Å². The highest BCUT2D eigenvalue weighted by Crippen LogP contribution is 2.46. The minimum absolute atomic E-state index is 0.223. The Morgan fingerprint density at radius 3 is 2.61 bits per heavy atom. The summed E-state index contributed by atoms with van der Waals surface area (Å²) < 4.78 is 37.1. The molecule has 4 rings (SSSR count). The molecule has 11 heteroatoms. The number of amides is 1. The molecule has 1 aromatic heterocycles. The van der Waals surface area contributed by atoms with E-state index in [0.29, 0.717) is 32.8 Å². The molecular formula is C22H20ClF2N3O4S. The molecule has 0 radical (unpaired) electrons. The summed E-state index contributed by atoms with van der Waals surface area (Å²) in [7, 11) is 1.42. The van der Waals surface area contributed by atoms with Crippen LogP contribution in [0.15, 0.2) is 48.8 Å².